The summed E-state index contributed by atoms with van der Waals surface area (Å²) >= 11 is 0. The molecule has 0 fully saturated rings. The smallest absolute Gasteiger partial charge is 0.306 e. The maximum absolute atomic E-state index is 12.9. The summed E-state index contributed by atoms with van der Waals surface area (Å²) in [7, 11) is 5.91. The fraction of sp³-hybridized carbons (Fsp3) is 0.736. The van der Waals surface area contributed by atoms with Gasteiger partial charge < -0.3 is 33.3 Å². The lowest BCUT2D eigenvalue weighted by molar-refractivity contribution is -0.870. The first kappa shape index (κ1) is 77.2. The summed E-state index contributed by atoms with van der Waals surface area (Å²) in [5, 5.41) is 11.8. The molecule has 0 rings (SSSR count). The van der Waals surface area contributed by atoms with Gasteiger partial charge in [0.25, 0.3) is 0 Å². The molecule has 0 N–H and O–H groups in total. The molecule has 466 valence electrons. The topological polar surface area (TPSA) is 111 Å². The molecule has 81 heavy (non-hydrogen) atoms. The number of carbonyl (C=O) groups is 3. The van der Waals surface area contributed by atoms with Crippen LogP contribution in [0.2, 0.25) is 0 Å². The minimum absolute atomic E-state index is 0.137. The van der Waals surface area contributed by atoms with Gasteiger partial charge in [0.15, 0.2) is 12.4 Å². The Labute approximate surface area is 499 Å². The van der Waals surface area contributed by atoms with Crippen LogP contribution in [0.1, 0.15) is 284 Å². The Balaban J connectivity index is 4.19. The highest BCUT2D eigenvalue weighted by molar-refractivity contribution is 5.70. The van der Waals surface area contributed by atoms with Gasteiger partial charge in [0.2, 0.25) is 0 Å². The van der Waals surface area contributed by atoms with E-state index in [1.165, 1.54) is 167 Å². The molecule has 0 saturated heterocycles. The summed E-state index contributed by atoms with van der Waals surface area (Å²) < 4.78 is 22.7. The third-order valence-corrected chi connectivity index (χ3v) is 14.3. The number of esters is 2. The van der Waals surface area contributed by atoms with Crippen LogP contribution in [0.3, 0.4) is 0 Å². The fourth-order valence-electron chi connectivity index (χ4n) is 9.22. The van der Waals surface area contributed by atoms with Crippen LogP contribution in [0.15, 0.2) is 97.2 Å². The van der Waals surface area contributed by atoms with Crippen LogP contribution in [-0.4, -0.2) is 82.3 Å². The third kappa shape index (κ3) is 63.6. The van der Waals surface area contributed by atoms with E-state index in [4.69, 9.17) is 18.9 Å². The van der Waals surface area contributed by atoms with Gasteiger partial charge in [-0.1, -0.05) is 272 Å². The van der Waals surface area contributed by atoms with Gasteiger partial charge in [-0.3, -0.25) is 9.59 Å². The molecule has 0 heterocycles. The summed E-state index contributed by atoms with van der Waals surface area (Å²) in [5.74, 6) is -2.33. The summed E-state index contributed by atoms with van der Waals surface area (Å²) in [5.41, 5.74) is 0. The van der Waals surface area contributed by atoms with Crippen LogP contribution < -0.4 is 5.11 Å². The lowest BCUT2D eigenvalue weighted by Crippen LogP contribution is -2.44. The number of carboxylic acid groups (broad SMARTS) is 1. The number of allylic oxidation sites excluding steroid dienone is 16. The van der Waals surface area contributed by atoms with E-state index in [1.807, 2.05) is 21.1 Å². The molecule has 2 unspecified atom stereocenters. The third-order valence-electron chi connectivity index (χ3n) is 14.3. The second-order valence-corrected chi connectivity index (χ2v) is 23.4. The Morgan fingerprint density at radius 2 is 0.704 bits per heavy atom. The van der Waals surface area contributed by atoms with E-state index in [9.17, 15) is 19.5 Å². The van der Waals surface area contributed by atoms with E-state index in [0.29, 0.717) is 17.4 Å². The minimum Gasteiger partial charge on any atom is -0.545 e. The molecule has 0 spiro atoms. The van der Waals surface area contributed by atoms with Crippen LogP contribution in [0.25, 0.3) is 0 Å². The van der Waals surface area contributed by atoms with E-state index in [2.05, 4.69) is 111 Å². The number of carboxylic acids is 1. The molecule has 0 amide bonds. The zero-order valence-electron chi connectivity index (χ0n) is 53.1. The standard InChI is InChI=1S/C72H125NO8/c1-6-8-10-12-14-16-18-20-22-24-26-28-30-32-33-34-35-36-37-39-40-42-44-46-48-50-52-54-56-58-60-62-69(74)79-66-68(67-80-72(71(76)77)78-65-64-73(3,4)5)81-70(75)63-61-59-57-55-53-51-49-47-45-43-41-38-31-29-27-25-23-21-19-17-15-13-11-9-7-2/h9,11,15,17,21,23-24,26-27,29,38,41,45,47,51,53,68,72H,6-8,10,12-14,16,18-20,22,25,28,30-37,39-40,42-44,46,48-50,52,54-67H2,1-5H3/b11-9-,17-15-,23-21-,26-24-,29-27-,41-38-,47-45-,53-51-. The molecule has 0 saturated carbocycles. The largest absolute Gasteiger partial charge is 0.545 e. The first-order valence-electron chi connectivity index (χ1n) is 33.4. The molecule has 0 aliphatic heterocycles. The number of nitrogens with zero attached hydrogens (tertiary/aromatic N) is 1. The number of aliphatic carboxylic acids is 1. The second-order valence-electron chi connectivity index (χ2n) is 23.4. The minimum atomic E-state index is -1.64. The van der Waals surface area contributed by atoms with Crippen LogP contribution in [0.4, 0.5) is 0 Å². The predicted octanol–water partition coefficient (Wildman–Crippen LogP) is 19.1. The highest BCUT2D eigenvalue weighted by atomic mass is 16.7. The van der Waals surface area contributed by atoms with E-state index in [0.717, 1.165) is 83.5 Å². The van der Waals surface area contributed by atoms with Gasteiger partial charge in [0.1, 0.15) is 13.2 Å². The van der Waals surface area contributed by atoms with Crippen molar-refractivity contribution >= 4 is 17.9 Å². The Morgan fingerprint density at radius 3 is 1.07 bits per heavy atom. The number of ether oxygens (including phenoxy) is 4. The molecular formula is C72H125NO8. The Hall–Kier alpha value is -3.79. The number of hydrogen-bond acceptors (Lipinski definition) is 8. The van der Waals surface area contributed by atoms with E-state index in [-0.39, 0.29) is 38.6 Å². The van der Waals surface area contributed by atoms with Gasteiger partial charge in [-0.05, 0) is 96.3 Å². The van der Waals surface area contributed by atoms with Crippen molar-refractivity contribution in [2.75, 3.05) is 47.5 Å². The fourth-order valence-corrected chi connectivity index (χ4v) is 9.22. The Kier molecular flexibility index (Phi) is 59.3. The summed E-state index contributed by atoms with van der Waals surface area (Å²) in [6.07, 6.45) is 82.0. The molecule has 0 aromatic rings. The lowest BCUT2D eigenvalue weighted by Gasteiger charge is -2.26. The molecule has 9 nitrogen and oxygen atoms in total. The molecule has 0 aromatic heterocycles. The van der Waals surface area contributed by atoms with Crippen molar-refractivity contribution in [3.05, 3.63) is 97.2 Å². The monoisotopic (exact) mass is 1130 g/mol. The van der Waals surface area contributed by atoms with Crippen LogP contribution >= 0.6 is 0 Å². The zero-order chi connectivity index (χ0) is 59.1. The highest BCUT2D eigenvalue weighted by Gasteiger charge is 2.22. The number of quaternary nitrogens is 1. The molecule has 0 aromatic carbocycles. The van der Waals surface area contributed by atoms with Crippen molar-refractivity contribution in [3.8, 4) is 0 Å². The summed E-state index contributed by atoms with van der Waals surface area (Å²) in [6, 6.07) is 0. The molecule has 2 atom stereocenters. The average molecular weight is 1130 g/mol. The molecule has 0 aliphatic rings. The van der Waals surface area contributed by atoms with E-state index in [1.54, 1.807) is 0 Å². The average Bonchev–Trinajstić information content (AvgIpc) is 3.44. The molecule has 9 heteroatoms. The molecular weight excluding hydrogens is 1010 g/mol. The summed E-state index contributed by atoms with van der Waals surface area (Å²) in [4.78, 5) is 37.4. The van der Waals surface area contributed by atoms with E-state index >= 15 is 0 Å². The first-order valence-corrected chi connectivity index (χ1v) is 33.4. The number of hydrogen-bond donors (Lipinski definition) is 0. The van der Waals surface area contributed by atoms with Crippen molar-refractivity contribution in [2.24, 2.45) is 0 Å². The normalized spacial score (nSPS) is 13.3. The summed E-state index contributed by atoms with van der Waals surface area (Å²) in [6.45, 7) is 4.61. The Morgan fingerprint density at radius 1 is 0.383 bits per heavy atom. The zero-order valence-corrected chi connectivity index (χ0v) is 53.1. The lowest BCUT2D eigenvalue weighted by atomic mass is 10.0. The SMILES string of the molecule is CC/C=C\C/C=C\C/C=C\C/C=C\C/C=C\C/C=C\C/C=C\CCCCCC(=O)OC(COC(=O)CCCCCCCCCCCCCCCCCCCCC/C=C\CCCCCCCCCC)COC(OCC[N+](C)(C)C)C(=O)[O-]. The number of likely N-dealkylation sites (N-methyl/N-ethyl adjacent to an activating group) is 1. The van der Waals surface area contributed by atoms with Gasteiger partial charge in [-0.2, -0.15) is 0 Å². The van der Waals surface area contributed by atoms with Crippen LogP contribution in [-0.2, 0) is 33.3 Å². The molecule has 0 aliphatic carbocycles. The van der Waals surface area contributed by atoms with Crippen molar-refractivity contribution in [1.82, 2.24) is 0 Å². The highest BCUT2D eigenvalue weighted by Crippen LogP contribution is 2.17. The first-order chi connectivity index (χ1) is 39.6. The number of carbonyl (C=O) groups excluding carboxylic acids is 3. The maximum atomic E-state index is 12.9. The van der Waals surface area contributed by atoms with Gasteiger partial charge in [-0.15, -0.1) is 0 Å². The predicted molar refractivity (Wildman–Crippen MR) is 343 cm³/mol. The van der Waals surface area contributed by atoms with E-state index < -0.39 is 24.3 Å². The number of rotatable bonds is 61. The maximum Gasteiger partial charge on any atom is 0.306 e. The van der Waals surface area contributed by atoms with Crippen LogP contribution in [0, 0.1) is 0 Å². The molecule has 0 radical (unpaired) electrons. The Bertz CT molecular complexity index is 1650. The number of unbranched alkanes of at least 4 members (excludes halogenated alkanes) is 30. The van der Waals surface area contributed by atoms with Gasteiger partial charge >= 0.3 is 11.9 Å². The van der Waals surface area contributed by atoms with Crippen molar-refractivity contribution in [1.29, 1.82) is 0 Å². The van der Waals surface area contributed by atoms with Gasteiger partial charge in [-0.25, -0.2) is 0 Å². The quantitative estimate of drug-likeness (QED) is 0.0195. The second kappa shape index (κ2) is 62.3. The van der Waals surface area contributed by atoms with Crippen molar-refractivity contribution < 1.29 is 42.9 Å². The van der Waals surface area contributed by atoms with Crippen molar-refractivity contribution in [2.45, 2.75) is 296 Å². The van der Waals surface area contributed by atoms with Gasteiger partial charge in [0, 0.05) is 12.8 Å². The molecule has 0 bridgehead atoms. The van der Waals surface area contributed by atoms with Crippen molar-refractivity contribution in [3.63, 3.8) is 0 Å². The van der Waals surface area contributed by atoms with Gasteiger partial charge in [0.05, 0.1) is 40.3 Å². The van der Waals surface area contributed by atoms with Crippen LogP contribution in [0.5, 0.6) is 0 Å².